The number of carboxylic acid groups (broad SMARTS) is 1. The number of nitro groups is 1. The fourth-order valence-corrected chi connectivity index (χ4v) is 0.495. The van der Waals surface area contributed by atoms with Crippen LogP contribution in [0.5, 0.6) is 0 Å². The largest absolute Gasteiger partial charge is 0.476 e. The van der Waals surface area contributed by atoms with Crippen LogP contribution in [0, 0.1) is 10.1 Å². The maximum Gasteiger partial charge on any atom is 0.413 e. The molecule has 1 aliphatic rings. The first-order chi connectivity index (χ1) is 5.57. The van der Waals surface area contributed by atoms with Gasteiger partial charge in [0.05, 0.1) is 0 Å². The van der Waals surface area contributed by atoms with Gasteiger partial charge in [-0.2, -0.15) is 0 Å². The molecule has 11 heteroatoms. The van der Waals surface area contributed by atoms with Crippen LogP contribution in [0.4, 0.5) is 0 Å². The van der Waals surface area contributed by atoms with Gasteiger partial charge in [0.2, 0.25) is 0 Å². The van der Waals surface area contributed by atoms with Gasteiger partial charge in [-0.15, -0.1) is 0 Å². The van der Waals surface area contributed by atoms with Gasteiger partial charge in [-0.05, 0) is 10.4 Å². The molecule has 1 aliphatic heterocycles. The molecule has 1 radical (unpaired) electrons. The Bertz CT molecular complexity index is 274. The second kappa shape index (κ2) is 4.02. The molecule has 0 aromatic carbocycles. The maximum atomic E-state index is 10.4. The summed E-state index contributed by atoms with van der Waals surface area (Å²) in [5.74, 6) is -4.05. The Morgan fingerprint density at radius 1 is 1.46 bits per heavy atom. The predicted molar refractivity (Wildman–Crippen MR) is 30.2 cm³/mol. The quantitative estimate of drug-likeness (QED) is 0.401. The number of hydrazine groups is 1. The number of nitrogens with one attached hydrogen (secondary N) is 1. The third kappa shape index (κ3) is 2.27. The van der Waals surface area contributed by atoms with Crippen LogP contribution in [0.1, 0.15) is 0 Å². The van der Waals surface area contributed by atoms with E-state index in [-0.39, 0.29) is 22.4 Å². The molecule has 0 spiro atoms. The number of aliphatic carboxylic acids is 1. The molecule has 2 N–H and O–H groups in total. The minimum Gasteiger partial charge on any atom is -0.476 e. The van der Waals surface area contributed by atoms with E-state index in [0.717, 1.165) is 0 Å². The van der Waals surface area contributed by atoms with Crippen LogP contribution in [0.3, 0.4) is 0 Å². The smallest absolute Gasteiger partial charge is 0.413 e. The van der Waals surface area contributed by atoms with E-state index in [4.69, 9.17) is 5.11 Å². The molecule has 0 aromatic rings. The summed E-state index contributed by atoms with van der Waals surface area (Å²) in [7, 11) is 0. The first-order valence-corrected chi connectivity index (χ1v) is 2.56. The molecule has 1 heterocycles. The molecule has 0 bridgehead atoms. The van der Waals surface area contributed by atoms with Gasteiger partial charge in [-0.3, -0.25) is 0 Å². The van der Waals surface area contributed by atoms with Crippen molar-refractivity contribution in [2.75, 3.05) is 0 Å². The SMILES string of the molecule is O=C(O)C1(N[N+](=O)[O-])N=NN=N1.[Ag]. The van der Waals surface area contributed by atoms with Crippen molar-refractivity contribution in [2.45, 2.75) is 5.79 Å². The molecule has 75 valence electrons. The molecule has 0 amide bonds. The number of carbonyl (C=O) groups is 1. The van der Waals surface area contributed by atoms with Crippen LogP contribution < -0.4 is 5.43 Å². The van der Waals surface area contributed by atoms with Crippen LogP contribution >= 0.6 is 0 Å². The van der Waals surface area contributed by atoms with E-state index in [2.05, 4.69) is 20.7 Å². The Morgan fingerprint density at radius 2 is 1.92 bits per heavy atom. The van der Waals surface area contributed by atoms with E-state index < -0.39 is 16.8 Å². The fourth-order valence-electron chi connectivity index (χ4n) is 0.495. The Hall–Kier alpha value is -1.39. The zero-order valence-corrected chi connectivity index (χ0v) is 7.19. The Morgan fingerprint density at radius 3 is 2.23 bits per heavy atom. The predicted octanol–water partition coefficient (Wildman–Crippen LogP) is -0.663. The van der Waals surface area contributed by atoms with E-state index >= 15 is 0 Å². The summed E-state index contributed by atoms with van der Waals surface area (Å²) in [4.78, 5) is 20.3. The van der Waals surface area contributed by atoms with Crippen molar-refractivity contribution in [3.63, 3.8) is 0 Å². The summed E-state index contributed by atoms with van der Waals surface area (Å²) in [5.41, 5.74) is 1.36. The fraction of sp³-hybridized carbons (Fsp3) is 0.500. The van der Waals surface area contributed by atoms with E-state index in [1.807, 2.05) is 0 Å². The summed E-state index contributed by atoms with van der Waals surface area (Å²) < 4.78 is 0. The summed E-state index contributed by atoms with van der Waals surface area (Å²) in [5, 5.41) is 28.8. The van der Waals surface area contributed by atoms with Crippen molar-refractivity contribution in [1.29, 1.82) is 0 Å². The molecule has 0 fully saturated rings. The van der Waals surface area contributed by atoms with Gasteiger partial charge in [0.1, 0.15) is 0 Å². The standard InChI is InChI=1S/C2H2N6O4.Ag/c9-1(10)2(5-8(11)12)3-6-7-4-2;/h5H,(H,9,10);. The number of rotatable bonds is 3. The summed E-state index contributed by atoms with van der Waals surface area (Å²) >= 11 is 0. The second-order valence-corrected chi connectivity index (χ2v) is 1.73. The van der Waals surface area contributed by atoms with Crippen LogP contribution in [-0.2, 0) is 27.2 Å². The van der Waals surface area contributed by atoms with Crippen molar-refractivity contribution in [2.24, 2.45) is 20.7 Å². The van der Waals surface area contributed by atoms with Crippen molar-refractivity contribution in [3.05, 3.63) is 10.1 Å². The summed E-state index contributed by atoms with van der Waals surface area (Å²) in [6.45, 7) is 0. The molecule has 0 aromatic heterocycles. The normalized spacial score (nSPS) is 16.3. The third-order valence-corrected chi connectivity index (χ3v) is 0.964. The van der Waals surface area contributed by atoms with E-state index in [1.165, 1.54) is 5.43 Å². The zero-order chi connectivity index (χ0) is 9.19. The Kier molecular flexibility index (Phi) is 3.59. The third-order valence-electron chi connectivity index (χ3n) is 0.964. The number of carboxylic acids is 1. The molecular weight excluding hydrogens is 280 g/mol. The van der Waals surface area contributed by atoms with Crippen LogP contribution in [-0.4, -0.2) is 21.9 Å². The number of hydrogen-bond acceptors (Lipinski definition) is 7. The monoisotopic (exact) mass is 281 g/mol. The molecule has 0 aliphatic carbocycles. The molecular formula is C2H2AgN6O4. The van der Waals surface area contributed by atoms with Gasteiger partial charge >= 0.3 is 11.8 Å². The molecule has 0 saturated heterocycles. The van der Waals surface area contributed by atoms with Crippen molar-refractivity contribution in [1.82, 2.24) is 5.43 Å². The maximum absolute atomic E-state index is 10.4. The molecule has 0 atom stereocenters. The van der Waals surface area contributed by atoms with Gasteiger partial charge in [0.25, 0.3) is 0 Å². The van der Waals surface area contributed by atoms with Gasteiger partial charge in [-0.25, -0.2) is 14.9 Å². The van der Waals surface area contributed by atoms with Gasteiger partial charge in [0.15, 0.2) is 5.03 Å². The number of nitrogens with zero attached hydrogens (tertiary/aromatic N) is 5. The minimum atomic E-state index is -2.40. The van der Waals surface area contributed by atoms with Gasteiger partial charge in [-0.1, -0.05) is 15.7 Å². The molecule has 13 heavy (non-hydrogen) atoms. The Balaban J connectivity index is 0.00000144. The van der Waals surface area contributed by atoms with Crippen molar-refractivity contribution in [3.8, 4) is 0 Å². The minimum absolute atomic E-state index is 0. The summed E-state index contributed by atoms with van der Waals surface area (Å²) in [6, 6.07) is 0. The van der Waals surface area contributed by atoms with E-state index in [0.29, 0.717) is 0 Å². The molecule has 0 saturated carbocycles. The zero-order valence-electron chi connectivity index (χ0n) is 5.71. The second-order valence-electron chi connectivity index (χ2n) is 1.73. The van der Waals surface area contributed by atoms with E-state index in [9.17, 15) is 14.9 Å². The molecule has 10 nitrogen and oxygen atoms in total. The first-order valence-electron chi connectivity index (χ1n) is 2.56. The first kappa shape index (κ1) is 11.6. The van der Waals surface area contributed by atoms with Gasteiger partial charge in [0, 0.05) is 22.4 Å². The topological polar surface area (TPSA) is 142 Å². The van der Waals surface area contributed by atoms with Crippen molar-refractivity contribution >= 4 is 5.97 Å². The number of hydrogen-bond donors (Lipinski definition) is 2. The molecule has 0 unspecified atom stereocenters. The van der Waals surface area contributed by atoms with E-state index in [1.54, 1.807) is 0 Å². The van der Waals surface area contributed by atoms with Crippen LogP contribution in [0.25, 0.3) is 0 Å². The average molecular weight is 282 g/mol. The Labute approximate surface area is 85.7 Å². The van der Waals surface area contributed by atoms with Crippen molar-refractivity contribution < 1.29 is 37.3 Å². The van der Waals surface area contributed by atoms with Gasteiger partial charge < -0.3 is 5.11 Å². The summed E-state index contributed by atoms with van der Waals surface area (Å²) in [6.07, 6.45) is 0. The van der Waals surface area contributed by atoms with Crippen LogP contribution in [0.2, 0.25) is 0 Å². The molecule has 1 rings (SSSR count). The van der Waals surface area contributed by atoms with Crippen LogP contribution in [0.15, 0.2) is 20.7 Å². The average Bonchev–Trinajstić information content (AvgIpc) is 2.35.